The number of aryl methyl sites for hydroxylation is 3. The summed E-state index contributed by atoms with van der Waals surface area (Å²) in [5.41, 5.74) is 3.58. The van der Waals surface area contributed by atoms with Crippen LogP contribution in [0.4, 0.5) is 0 Å². The van der Waals surface area contributed by atoms with Crippen molar-refractivity contribution >= 4 is 5.97 Å². The molecule has 34 heavy (non-hydrogen) atoms. The van der Waals surface area contributed by atoms with Gasteiger partial charge in [-0.2, -0.15) is 5.10 Å². The van der Waals surface area contributed by atoms with E-state index in [1.165, 1.54) is 0 Å². The molecule has 0 aromatic carbocycles. The summed E-state index contributed by atoms with van der Waals surface area (Å²) in [5.74, 6) is 0.126. The van der Waals surface area contributed by atoms with E-state index in [2.05, 4.69) is 27.3 Å². The van der Waals surface area contributed by atoms with Crippen molar-refractivity contribution in [1.82, 2.24) is 34.7 Å². The van der Waals surface area contributed by atoms with Crippen LogP contribution < -0.4 is 4.74 Å². The zero-order chi connectivity index (χ0) is 24.1. The molecule has 3 heterocycles. The van der Waals surface area contributed by atoms with Crippen LogP contribution >= 0.6 is 0 Å². The Morgan fingerprint density at radius 3 is 2.88 bits per heavy atom. The monoisotopic (exact) mass is 467 g/mol. The molecule has 10 nitrogen and oxygen atoms in total. The van der Waals surface area contributed by atoms with Gasteiger partial charge in [0.05, 0.1) is 53.6 Å². The second kappa shape index (κ2) is 10.8. The van der Waals surface area contributed by atoms with Crippen LogP contribution in [0.15, 0.2) is 18.6 Å². The number of hydrogen-bond acceptors (Lipinski definition) is 7. The van der Waals surface area contributed by atoms with Crippen molar-refractivity contribution in [2.45, 2.75) is 77.9 Å². The lowest BCUT2D eigenvalue weighted by atomic mass is 9.87. The van der Waals surface area contributed by atoms with E-state index in [1.807, 2.05) is 29.5 Å². The molecule has 0 saturated heterocycles. The second-order valence-electron chi connectivity index (χ2n) is 8.94. The van der Waals surface area contributed by atoms with Crippen molar-refractivity contribution in [2.24, 2.45) is 13.0 Å². The van der Waals surface area contributed by atoms with Gasteiger partial charge in [0.2, 0.25) is 0 Å². The maximum atomic E-state index is 11.4. The SMILES string of the molecule is CCCCc1cn(Cc2c(-c3ncc(O[C@H]4CCC[C@H](C(=O)O)C4)c(CC)n3)cnn2C)nn1. The van der Waals surface area contributed by atoms with Gasteiger partial charge in [-0.3, -0.25) is 9.48 Å². The Kier molecular flexibility index (Phi) is 7.54. The van der Waals surface area contributed by atoms with Crippen molar-refractivity contribution in [3.8, 4) is 17.1 Å². The van der Waals surface area contributed by atoms with Gasteiger partial charge in [0.25, 0.3) is 0 Å². The molecule has 0 spiro atoms. The van der Waals surface area contributed by atoms with Crippen LogP contribution in [-0.2, 0) is 31.2 Å². The smallest absolute Gasteiger partial charge is 0.306 e. The van der Waals surface area contributed by atoms with Crippen molar-refractivity contribution in [2.75, 3.05) is 0 Å². The summed E-state index contributed by atoms with van der Waals surface area (Å²) in [7, 11) is 1.90. The first kappa shape index (κ1) is 23.8. The summed E-state index contributed by atoms with van der Waals surface area (Å²) in [6.07, 6.45) is 12.1. The van der Waals surface area contributed by atoms with Crippen LogP contribution in [0.25, 0.3) is 11.4 Å². The number of hydrogen-bond donors (Lipinski definition) is 1. The van der Waals surface area contributed by atoms with Gasteiger partial charge in [0, 0.05) is 13.2 Å². The van der Waals surface area contributed by atoms with Gasteiger partial charge < -0.3 is 9.84 Å². The molecule has 0 amide bonds. The lowest BCUT2D eigenvalue weighted by Gasteiger charge is -2.27. The highest BCUT2D eigenvalue weighted by Crippen LogP contribution is 2.30. The fourth-order valence-corrected chi connectivity index (χ4v) is 4.42. The van der Waals surface area contributed by atoms with Crippen LogP contribution in [0.1, 0.15) is 69.5 Å². The van der Waals surface area contributed by atoms with E-state index in [9.17, 15) is 9.90 Å². The van der Waals surface area contributed by atoms with Crippen LogP contribution in [0.5, 0.6) is 5.75 Å². The lowest BCUT2D eigenvalue weighted by molar-refractivity contribution is -0.143. The maximum absolute atomic E-state index is 11.4. The largest absolute Gasteiger partial charge is 0.487 e. The summed E-state index contributed by atoms with van der Waals surface area (Å²) >= 11 is 0. The summed E-state index contributed by atoms with van der Waals surface area (Å²) in [5, 5.41) is 22.3. The summed E-state index contributed by atoms with van der Waals surface area (Å²) in [6.45, 7) is 4.71. The zero-order valence-electron chi connectivity index (χ0n) is 20.1. The topological polar surface area (TPSA) is 121 Å². The van der Waals surface area contributed by atoms with Crippen LogP contribution in [0.3, 0.4) is 0 Å². The fraction of sp³-hybridized carbons (Fsp3) is 0.583. The molecular formula is C24H33N7O3. The minimum atomic E-state index is -0.746. The first-order valence-corrected chi connectivity index (χ1v) is 12.1. The van der Waals surface area contributed by atoms with E-state index >= 15 is 0 Å². The summed E-state index contributed by atoms with van der Waals surface area (Å²) in [6, 6.07) is 0. The molecule has 0 radical (unpaired) electrons. The molecular weight excluding hydrogens is 434 g/mol. The van der Waals surface area contributed by atoms with Crippen molar-refractivity contribution < 1.29 is 14.6 Å². The van der Waals surface area contributed by atoms with Crippen LogP contribution in [-0.4, -0.2) is 51.9 Å². The molecule has 4 rings (SSSR count). The molecule has 10 heteroatoms. The van der Waals surface area contributed by atoms with Crippen molar-refractivity contribution in [3.63, 3.8) is 0 Å². The third-order valence-corrected chi connectivity index (χ3v) is 6.42. The van der Waals surface area contributed by atoms with Crippen LogP contribution in [0.2, 0.25) is 0 Å². The fourth-order valence-electron chi connectivity index (χ4n) is 4.42. The predicted molar refractivity (Wildman–Crippen MR) is 125 cm³/mol. The highest BCUT2D eigenvalue weighted by atomic mass is 16.5. The van der Waals surface area contributed by atoms with Gasteiger partial charge >= 0.3 is 5.97 Å². The number of nitrogens with zero attached hydrogens (tertiary/aromatic N) is 7. The van der Waals surface area contributed by atoms with E-state index in [0.717, 1.165) is 54.7 Å². The number of aliphatic carboxylic acids is 1. The van der Waals surface area contributed by atoms with E-state index in [-0.39, 0.29) is 12.0 Å². The number of aromatic nitrogens is 7. The Bertz CT molecular complexity index is 1120. The van der Waals surface area contributed by atoms with E-state index in [1.54, 1.807) is 12.4 Å². The second-order valence-corrected chi connectivity index (χ2v) is 8.94. The maximum Gasteiger partial charge on any atom is 0.306 e. The lowest BCUT2D eigenvalue weighted by Crippen LogP contribution is -2.29. The third-order valence-electron chi connectivity index (χ3n) is 6.42. The molecule has 1 N–H and O–H groups in total. The molecule has 3 aromatic heterocycles. The van der Waals surface area contributed by atoms with Crippen molar-refractivity contribution in [3.05, 3.63) is 35.7 Å². The Labute approximate surface area is 199 Å². The van der Waals surface area contributed by atoms with Gasteiger partial charge in [-0.15, -0.1) is 5.10 Å². The first-order valence-electron chi connectivity index (χ1n) is 12.1. The molecule has 0 bridgehead atoms. The predicted octanol–water partition coefficient (Wildman–Crippen LogP) is 3.44. The molecule has 1 aliphatic carbocycles. The third kappa shape index (κ3) is 5.43. The van der Waals surface area contributed by atoms with Gasteiger partial charge in [-0.05, 0) is 44.9 Å². The molecule has 1 fully saturated rings. The minimum absolute atomic E-state index is 0.127. The summed E-state index contributed by atoms with van der Waals surface area (Å²) in [4.78, 5) is 20.8. The Hall–Kier alpha value is -3.30. The quantitative estimate of drug-likeness (QED) is 0.481. The first-order chi connectivity index (χ1) is 16.5. The van der Waals surface area contributed by atoms with Gasteiger partial charge in [-0.1, -0.05) is 25.5 Å². The zero-order valence-corrected chi connectivity index (χ0v) is 20.1. The number of unbranched alkanes of at least 4 members (excludes halogenated alkanes) is 1. The van der Waals surface area contributed by atoms with Gasteiger partial charge in [0.15, 0.2) is 11.6 Å². The van der Waals surface area contributed by atoms with Crippen molar-refractivity contribution in [1.29, 1.82) is 0 Å². The van der Waals surface area contributed by atoms with E-state index < -0.39 is 5.97 Å². The Balaban J connectivity index is 1.53. The molecule has 0 unspecified atom stereocenters. The molecule has 1 saturated carbocycles. The number of rotatable bonds is 10. The molecule has 3 aromatic rings. The highest BCUT2D eigenvalue weighted by Gasteiger charge is 2.29. The molecule has 1 aliphatic rings. The normalized spacial score (nSPS) is 18.2. The van der Waals surface area contributed by atoms with Crippen LogP contribution in [0, 0.1) is 5.92 Å². The molecule has 182 valence electrons. The number of ether oxygens (including phenoxy) is 1. The Morgan fingerprint density at radius 2 is 2.12 bits per heavy atom. The number of carboxylic acid groups (broad SMARTS) is 1. The van der Waals surface area contributed by atoms with E-state index in [0.29, 0.717) is 37.4 Å². The average Bonchev–Trinajstić information content (AvgIpc) is 3.45. The standard InChI is InChI=1S/C24H33N7O3/c1-4-6-9-17-14-31(29-28-17)15-21-19(12-26-30(21)3)23-25-13-22(20(5-2)27-23)34-18-10-7-8-16(11-18)24(32)33/h12-14,16,18H,4-11,15H2,1-3H3,(H,32,33)/t16-,18-/m0/s1. The average molecular weight is 468 g/mol. The molecule has 0 aliphatic heterocycles. The van der Waals surface area contributed by atoms with Gasteiger partial charge in [-0.25, -0.2) is 14.6 Å². The summed E-state index contributed by atoms with van der Waals surface area (Å²) < 4.78 is 9.82. The molecule has 2 atom stereocenters. The number of carbonyl (C=O) groups is 1. The van der Waals surface area contributed by atoms with E-state index in [4.69, 9.17) is 9.72 Å². The highest BCUT2D eigenvalue weighted by molar-refractivity contribution is 5.70. The Morgan fingerprint density at radius 1 is 1.26 bits per heavy atom. The van der Waals surface area contributed by atoms with Gasteiger partial charge in [0.1, 0.15) is 0 Å². The number of carboxylic acids is 1. The minimum Gasteiger partial charge on any atom is -0.487 e.